The summed E-state index contributed by atoms with van der Waals surface area (Å²) >= 11 is 9.59. The molecule has 6 heteroatoms. The van der Waals surface area contributed by atoms with Crippen LogP contribution in [0.25, 0.3) is 0 Å². The molecule has 1 aromatic heterocycles. The minimum Gasteiger partial charge on any atom is -0.487 e. The van der Waals surface area contributed by atoms with E-state index in [0.29, 0.717) is 18.2 Å². The number of aromatic nitrogens is 2. The van der Waals surface area contributed by atoms with Crippen LogP contribution in [0.2, 0.25) is 5.02 Å². The Balaban J connectivity index is 2.22. The third-order valence-electron chi connectivity index (χ3n) is 3.30. The van der Waals surface area contributed by atoms with Crippen molar-refractivity contribution in [2.45, 2.75) is 40.0 Å². The Morgan fingerprint density at radius 2 is 2.14 bits per heavy atom. The van der Waals surface area contributed by atoms with Crippen LogP contribution < -0.4 is 10.5 Å². The molecule has 0 fully saturated rings. The molecule has 0 bridgehead atoms. The number of nitrogens with zero attached hydrogens (tertiary/aromatic N) is 2. The minimum atomic E-state index is 0.393. The van der Waals surface area contributed by atoms with Gasteiger partial charge in [0.2, 0.25) is 0 Å². The number of rotatable bonds is 6. The molecule has 1 aromatic carbocycles. The van der Waals surface area contributed by atoms with Crippen LogP contribution in [-0.4, -0.2) is 9.78 Å². The molecule has 0 saturated carbocycles. The molecule has 4 nitrogen and oxygen atoms in total. The van der Waals surface area contributed by atoms with E-state index in [-0.39, 0.29) is 0 Å². The first-order valence-electron chi connectivity index (χ1n) is 6.96. The fraction of sp³-hybridized carbons (Fsp3) is 0.400. The van der Waals surface area contributed by atoms with E-state index in [4.69, 9.17) is 22.1 Å². The molecule has 0 radical (unpaired) electrons. The topological polar surface area (TPSA) is 53.1 Å². The van der Waals surface area contributed by atoms with Crippen molar-refractivity contribution in [1.82, 2.24) is 9.78 Å². The minimum absolute atomic E-state index is 0.393. The Bertz CT molecular complexity index is 628. The van der Waals surface area contributed by atoms with Crippen LogP contribution in [0, 0.1) is 0 Å². The van der Waals surface area contributed by atoms with E-state index in [1.807, 2.05) is 16.8 Å². The molecule has 0 saturated heterocycles. The number of aryl methyl sites for hydroxylation is 2. The molecular formula is C15H19BrClN3O. The van der Waals surface area contributed by atoms with Crippen molar-refractivity contribution in [2.75, 3.05) is 0 Å². The summed E-state index contributed by atoms with van der Waals surface area (Å²) < 4.78 is 8.90. The van der Waals surface area contributed by atoms with E-state index in [0.717, 1.165) is 40.1 Å². The van der Waals surface area contributed by atoms with E-state index >= 15 is 0 Å². The number of benzene rings is 1. The van der Waals surface area contributed by atoms with Gasteiger partial charge in [-0.3, -0.25) is 4.68 Å². The molecule has 0 unspecified atom stereocenters. The lowest BCUT2D eigenvalue weighted by atomic mass is 10.2. The average Bonchev–Trinajstić information content (AvgIpc) is 2.81. The second-order valence-electron chi connectivity index (χ2n) is 4.62. The van der Waals surface area contributed by atoms with E-state index < -0.39 is 0 Å². The summed E-state index contributed by atoms with van der Waals surface area (Å²) in [5, 5.41) is 5.22. The molecule has 0 aliphatic rings. The quantitative estimate of drug-likeness (QED) is 0.836. The summed E-state index contributed by atoms with van der Waals surface area (Å²) in [5.41, 5.74) is 8.72. The van der Waals surface area contributed by atoms with Gasteiger partial charge >= 0.3 is 0 Å². The van der Waals surface area contributed by atoms with E-state index in [2.05, 4.69) is 34.9 Å². The SMILES string of the molecule is CCc1nn(CC)c(COc2ccc(Cl)cc2CN)c1Br. The highest BCUT2D eigenvalue weighted by Gasteiger charge is 2.15. The van der Waals surface area contributed by atoms with E-state index in [1.165, 1.54) is 0 Å². The number of nitrogens with two attached hydrogens (primary N) is 1. The second-order valence-corrected chi connectivity index (χ2v) is 5.85. The van der Waals surface area contributed by atoms with Crippen LogP contribution in [0.1, 0.15) is 30.8 Å². The van der Waals surface area contributed by atoms with Crippen molar-refractivity contribution in [3.05, 3.63) is 44.6 Å². The number of halogens is 2. The molecule has 2 rings (SSSR count). The van der Waals surface area contributed by atoms with Gasteiger partial charge in [-0.15, -0.1) is 0 Å². The Kier molecular flexibility index (Phi) is 5.67. The fourth-order valence-corrected chi connectivity index (χ4v) is 3.02. The summed E-state index contributed by atoms with van der Waals surface area (Å²) in [7, 11) is 0. The van der Waals surface area contributed by atoms with Crippen LogP contribution >= 0.6 is 27.5 Å². The molecule has 0 amide bonds. The second kappa shape index (κ2) is 7.29. The average molecular weight is 373 g/mol. The Hall–Kier alpha value is -1.04. The van der Waals surface area contributed by atoms with E-state index in [1.54, 1.807) is 6.07 Å². The third-order valence-corrected chi connectivity index (χ3v) is 4.45. The first-order valence-corrected chi connectivity index (χ1v) is 8.13. The third kappa shape index (κ3) is 3.59. The molecule has 0 aliphatic heterocycles. The maximum Gasteiger partial charge on any atom is 0.131 e. The van der Waals surface area contributed by atoms with Gasteiger partial charge in [0.1, 0.15) is 12.4 Å². The van der Waals surface area contributed by atoms with Gasteiger partial charge in [-0.2, -0.15) is 5.10 Å². The lowest BCUT2D eigenvalue weighted by molar-refractivity contribution is 0.289. The Morgan fingerprint density at radius 3 is 2.76 bits per heavy atom. The summed E-state index contributed by atoms with van der Waals surface area (Å²) in [5.74, 6) is 0.760. The summed E-state index contributed by atoms with van der Waals surface area (Å²) in [4.78, 5) is 0. The van der Waals surface area contributed by atoms with Gasteiger partial charge in [-0.25, -0.2) is 0 Å². The molecule has 2 N–H and O–H groups in total. The first kappa shape index (κ1) is 16.3. The molecule has 21 heavy (non-hydrogen) atoms. The highest BCUT2D eigenvalue weighted by Crippen LogP contribution is 2.26. The summed E-state index contributed by atoms with van der Waals surface area (Å²) in [6.07, 6.45) is 0.885. The lowest BCUT2D eigenvalue weighted by Crippen LogP contribution is -2.08. The molecular weight excluding hydrogens is 354 g/mol. The lowest BCUT2D eigenvalue weighted by Gasteiger charge is -2.12. The Morgan fingerprint density at radius 1 is 1.38 bits per heavy atom. The van der Waals surface area contributed by atoms with Crippen molar-refractivity contribution < 1.29 is 4.74 Å². The van der Waals surface area contributed by atoms with Crippen LogP contribution in [0.4, 0.5) is 0 Å². The van der Waals surface area contributed by atoms with Crippen molar-refractivity contribution in [3.63, 3.8) is 0 Å². The predicted octanol–water partition coefficient (Wildman–Crippen LogP) is 3.92. The maximum absolute atomic E-state index is 5.98. The molecule has 0 aliphatic carbocycles. The zero-order valence-corrected chi connectivity index (χ0v) is 14.5. The van der Waals surface area contributed by atoms with Gasteiger partial charge in [0.05, 0.1) is 15.9 Å². The van der Waals surface area contributed by atoms with Crippen LogP contribution in [0.15, 0.2) is 22.7 Å². The van der Waals surface area contributed by atoms with Crippen molar-refractivity contribution in [3.8, 4) is 5.75 Å². The summed E-state index contributed by atoms with van der Waals surface area (Å²) in [6, 6.07) is 5.49. The fourth-order valence-electron chi connectivity index (χ4n) is 2.15. The van der Waals surface area contributed by atoms with Gasteiger partial charge in [-0.1, -0.05) is 18.5 Å². The molecule has 0 atom stereocenters. The van der Waals surface area contributed by atoms with E-state index in [9.17, 15) is 0 Å². The normalized spacial score (nSPS) is 10.9. The van der Waals surface area contributed by atoms with Crippen LogP contribution in [0.3, 0.4) is 0 Å². The molecule has 0 spiro atoms. The maximum atomic E-state index is 5.98. The highest BCUT2D eigenvalue weighted by atomic mass is 79.9. The molecule has 2 aromatic rings. The first-order chi connectivity index (χ1) is 10.1. The van der Waals surface area contributed by atoms with Gasteiger partial charge in [0, 0.05) is 23.7 Å². The monoisotopic (exact) mass is 371 g/mol. The predicted molar refractivity (Wildman–Crippen MR) is 88.7 cm³/mol. The number of hydrogen-bond donors (Lipinski definition) is 1. The van der Waals surface area contributed by atoms with Gasteiger partial charge in [-0.05, 0) is 47.5 Å². The van der Waals surface area contributed by atoms with Crippen molar-refractivity contribution in [1.29, 1.82) is 0 Å². The van der Waals surface area contributed by atoms with Crippen molar-refractivity contribution >= 4 is 27.5 Å². The van der Waals surface area contributed by atoms with Gasteiger partial charge in [0.25, 0.3) is 0 Å². The zero-order valence-electron chi connectivity index (χ0n) is 12.2. The smallest absolute Gasteiger partial charge is 0.131 e. The number of ether oxygens (including phenoxy) is 1. The van der Waals surface area contributed by atoms with Gasteiger partial charge in [0.15, 0.2) is 0 Å². The Labute approximate surface area is 138 Å². The standard InChI is InChI=1S/C15H19BrClN3O/c1-3-12-15(16)13(20(4-2)19-12)9-21-14-6-5-11(17)7-10(14)8-18/h5-7H,3-4,8-9,18H2,1-2H3. The number of hydrogen-bond acceptors (Lipinski definition) is 3. The molecule has 114 valence electrons. The van der Waals surface area contributed by atoms with Crippen molar-refractivity contribution in [2.24, 2.45) is 5.73 Å². The van der Waals surface area contributed by atoms with Crippen LogP contribution in [-0.2, 0) is 26.1 Å². The van der Waals surface area contributed by atoms with Crippen LogP contribution in [0.5, 0.6) is 5.75 Å². The highest BCUT2D eigenvalue weighted by molar-refractivity contribution is 9.10. The molecule has 1 heterocycles. The van der Waals surface area contributed by atoms with Gasteiger partial charge < -0.3 is 10.5 Å². The zero-order chi connectivity index (χ0) is 15.4. The largest absolute Gasteiger partial charge is 0.487 e. The summed E-state index contributed by atoms with van der Waals surface area (Å²) in [6.45, 7) is 5.79.